The van der Waals surface area contributed by atoms with Crippen LogP contribution in [-0.4, -0.2) is 17.4 Å². The molecule has 1 atom stereocenters. The second kappa shape index (κ2) is 3.01. The lowest BCUT2D eigenvalue weighted by atomic mass is 10.0. The Morgan fingerprint density at radius 3 is 2.00 bits per heavy atom. The normalized spacial score (nSPS) is 24.0. The van der Waals surface area contributed by atoms with Crippen LogP contribution in [0.1, 0.15) is 0 Å². The summed E-state index contributed by atoms with van der Waals surface area (Å²) in [5.41, 5.74) is 0. The minimum absolute atomic E-state index is 0.113. The van der Waals surface area contributed by atoms with Crippen LogP contribution in [0, 0.1) is 31.6 Å². The highest BCUT2D eigenvalue weighted by Crippen LogP contribution is 2.34. The van der Waals surface area contributed by atoms with Crippen LogP contribution in [0.25, 0.3) is 0 Å². The van der Waals surface area contributed by atoms with E-state index >= 15 is 0 Å². The van der Waals surface area contributed by atoms with Crippen molar-refractivity contribution in [1.82, 2.24) is 0 Å². The fourth-order valence-corrected chi connectivity index (χ4v) is 0.760. The molecule has 0 unspecified atom stereocenters. The van der Waals surface area contributed by atoms with Crippen molar-refractivity contribution in [2.24, 2.45) is 0 Å². The molecule has 1 nitrogen and oxygen atoms in total. The summed E-state index contributed by atoms with van der Waals surface area (Å²) in [6, 6.07) is 0. The molecule has 0 aromatic rings. The van der Waals surface area contributed by atoms with Gasteiger partial charge in [0.1, 0.15) is 0 Å². The molecule has 1 aliphatic carbocycles. The Morgan fingerprint density at radius 1 is 1.18 bits per heavy atom. The van der Waals surface area contributed by atoms with E-state index in [1.165, 1.54) is 25.7 Å². The summed E-state index contributed by atoms with van der Waals surface area (Å²) < 4.78 is 35.3. The first kappa shape index (κ1) is 8.84. The average Bonchev–Trinajstić information content (AvgIpc) is 2.34. The minimum Gasteiger partial charge on any atom is -0.383 e. The number of rotatable bonds is 1. The van der Waals surface area contributed by atoms with Gasteiger partial charge in [-0.1, -0.05) is 0 Å². The zero-order valence-corrected chi connectivity index (χ0v) is 5.47. The van der Waals surface area contributed by atoms with Crippen molar-refractivity contribution in [2.75, 3.05) is 0 Å². The van der Waals surface area contributed by atoms with Gasteiger partial charge in [-0.15, -0.1) is 0 Å². The van der Waals surface area contributed by atoms with Crippen LogP contribution in [0.5, 0.6) is 0 Å². The van der Waals surface area contributed by atoms with Gasteiger partial charge in [-0.05, 0) is 25.7 Å². The van der Waals surface area contributed by atoms with Gasteiger partial charge < -0.3 is 5.11 Å². The highest BCUT2D eigenvalue weighted by molar-refractivity contribution is 5.38. The van der Waals surface area contributed by atoms with E-state index in [-0.39, 0.29) is 5.92 Å². The molecular weight excluding hydrogens is 157 g/mol. The Bertz CT molecular complexity index is 126. The topological polar surface area (TPSA) is 20.2 Å². The van der Waals surface area contributed by atoms with Gasteiger partial charge in [0.15, 0.2) is 6.10 Å². The molecule has 0 heterocycles. The van der Waals surface area contributed by atoms with Crippen LogP contribution in [0.15, 0.2) is 0 Å². The first-order valence-corrected chi connectivity index (χ1v) is 2.98. The standard InChI is InChI=1S/C7H6F3O/c8-7(9,10)6(11)5-3-1-2-4-5/h1-4,6,11H/t6-/m0/s1. The van der Waals surface area contributed by atoms with Crippen LogP contribution in [0.3, 0.4) is 0 Å². The second-order valence-corrected chi connectivity index (χ2v) is 2.16. The molecule has 1 fully saturated rings. The lowest BCUT2D eigenvalue weighted by Gasteiger charge is -2.18. The zero-order valence-electron chi connectivity index (χ0n) is 5.47. The molecule has 0 bridgehead atoms. The van der Waals surface area contributed by atoms with E-state index in [1.807, 2.05) is 0 Å². The summed E-state index contributed by atoms with van der Waals surface area (Å²) in [6.07, 6.45) is -1.54. The highest BCUT2D eigenvalue weighted by atomic mass is 19.4. The SMILES string of the molecule is O[C@@H]([C]1[CH][CH][CH][CH]1)C(F)(F)F. The number of hydrogen-bond acceptors (Lipinski definition) is 1. The number of alkyl halides is 3. The molecule has 4 heteroatoms. The molecule has 0 aromatic heterocycles. The van der Waals surface area contributed by atoms with Gasteiger partial charge in [-0.2, -0.15) is 13.2 Å². The van der Waals surface area contributed by atoms with E-state index in [9.17, 15) is 13.2 Å². The van der Waals surface area contributed by atoms with Crippen molar-refractivity contribution in [3.05, 3.63) is 31.6 Å². The van der Waals surface area contributed by atoms with E-state index < -0.39 is 12.3 Å². The summed E-state index contributed by atoms with van der Waals surface area (Å²) in [4.78, 5) is 0. The van der Waals surface area contributed by atoms with E-state index in [0.29, 0.717) is 0 Å². The summed E-state index contributed by atoms with van der Waals surface area (Å²) in [5, 5.41) is 8.62. The molecule has 1 saturated carbocycles. The number of aliphatic hydroxyl groups excluding tert-OH is 1. The highest BCUT2D eigenvalue weighted by Gasteiger charge is 2.44. The van der Waals surface area contributed by atoms with Crippen molar-refractivity contribution in [2.45, 2.75) is 12.3 Å². The molecule has 5 radical (unpaired) electrons. The molecule has 0 saturated heterocycles. The third-order valence-electron chi connectivity index (χ3n) is 1.31. The first-order chi connectivity index (χ1) is 5.02. The number of halogens is 3. The summed E-state index contributed by atoms with van der Waals surface area (Å²) in [6.45, 7) is 0. The van der Waals surface area contributed by atoms with Gasteiger partial charge in [-0.25, -0.2) is 0 Å². The number of hydrogen-bond donors (Lipinski definition) is 1. The Kier molecular flexibility index (Phi) is 2.42. The van der Waals surface area contributed by atoms with Crippen molar-refractivity contribution in [1.29, 1.82) is 0 Å². The molecule has 11 heavy (non-hydrogen) atoms. The Morgan fingerprint density at radius 2 is 1.64 bits per heavy atom. The molecule has 1 N–H and O–H groups in total. The quantitative estimate of drug-likeness (QED) is 0.618. The van der Waals surface area contributed by atoms with Crippen LogP contribution >= 0.6 is 0 Å². The maximum Gasteiger partial charge on any atom is 0.414 e. The van der Waals surface area contributed by atoms with E-state index in [2.05, 4.69) is 0 Å². The van der Waals surface area contributed by atoms with Gasteiger partial charge in [0.05, 0.1) is 0 Å². The predicted octanol–water partition coefficient (Wildman–Crippen LogP) is 1.31. The van der Waals surface area contributed by atoms with E-state index in [1.54, 1.807) is 0 Å². The second-order valence-electron chi connectivity index (χ2n) is 2.16. The van der Waals surface area contributed by atoms with Gasteiger partial charge >= 0.3 is 6.18 Å². The van der Waals surface area contributed by atoms with Crippen molar-refractivity contribution >= 4 is 0 Å². The van der Waals surface area contributed by atoms with E-state index in [4.69, 9.17) is 5.11 Å². The van der Waals surface area contributed by atoms with Crippen LogP contribution in [-0.2, 0) is 0 Å². The maximum absolute atomic E-state index is 11.8. The Hall–Kier alpha value is -0.250. The van der Waals surface area contributed by atoms with Gasteiger partial charge in [0.25, 0.3) is 0 Å². The smallest absolute Gasteiger partial charge is 0.383 e. The minimum atomic E-state index is -4.56. The molecule has 0 spiro atoms. The predicted molar refractivity (Wildman–Crippen MR) is 32.5 cm³/mol. The largest absolute Gasteiger partial charge is 0.414 e. The fraction of sp³-hybridized carbons (Fsp3) is 0.286. The van der Waals surface area contributed by atoms with Gasteiger partial charge in [-0.3, -0.25) is 0 Å². The zero-order chi connectivity index (χ0) is 8.48. The molecular formula is C7H6F3O. The van der Waals surface area contributed by atoms with Crippen LogP contribution in [0.4, 0.5) is 13.2 Å². The summed E-state index contributed by atoms with van der Waals surface area (Å²) in [7, 11) is 0. The lowest BCUT2D eigenvalue weighted by molar-refractivity contribution is -0.195. The van der Waals surface area contributed by atoms with Gasteiger partial charge in [0, 0.05) is 5.92 Å². The molecule has 0 aromatic carbocycles. The number of aliphatic hydroxyl groups is 1. The van der Waals surface area contributed by atoms with Crippen molar-refractivity contribution in [3.63, 3.8) is 0 Å². The Labute approximate surface area is 63.2 Å². The fourth-order valence-electron chi connectivity index (χ4n) is 0.760. The molecule has 0 aliphatic heterocycles. The maximum atomic E-state index is 11.8. The molecule has 1 rings (SSSR count). The van der Waals surface area contributed by atoms with Crippen molar-refractivity contribution in [3.8, 4) is 0 Å². The van der Waals surface area contributed by atoms with Crippen molar-refractivity contribution < 1.29 is 18.3 Å². The van der Waals surface area contributed by atoms with E-state index in [0.717, 1.165) is 0 Å². The monoisotopic (exact) mass is 163 g/mol. The average molecular weight is 163 g/mol. The van der Waals surface area contributed by atoms with Crippen LogP contribution in [0.2, 0.25) is 0 Å². The van der Waals surface area contributed by atoms with Gasteiger partial charge in [0.2, 0.25) is 0 Å². The first-order valence-electron chi connectivity index (χ1n) is 2.98. The summed E-state index contributed by atoms with van der Waals surface area (Å²) >= 11 is 0. The molecule has 61 valence electrons. The van der Waals surface area contributed by atoms with Crippen LogP contribution < -0.4 is 0 Å². The lowest BCUT2D eigenvalue weighted by Crippen LogP contribution is -2.33. The summed E-state index contributed by atoms with van der Waals surface area (Å²) in [5.74, 6) is -0.113. The molecule has 1 aliphatic rings. The molecule has 0 amide bonds. The third-order valence-corrected chi connectivity index (χ3v) is 1.31. The Balaban J connectivity index is 2.46. The third kappa shape index (κ3) is 2.09.